The van der Waals surface area contributed by atoms with E-state index in [4.69, 9.17) is 5.73 Å². The van der Waals surface area contributed by atoms with Crippen LogP contribution in [0.25, 0.3) is 0 Å². The van der Waals surface area contributed by atoms with Crippen LogP contribution in [0.1, 0.15) is 66.2 Å². The van der Waals surface area contributed by atoms with Gasteiger partial charge in [0.25, 0.3) is 0 Å². The molecule has 1 rings (SSSR count). The Morgan fingerprint density at radius 3 is 2.20 bits per heavy atom. The van der Waals surface area contributed by atoms with Gasteiger partial charge in [0.15, 0.2) is 0 Å². The Bertz CT molecular complexity index is 174. The number of rotatable bonds is 4. The first-order valence-corrected chi connectivity index (χ1v) is 6.65. The zero-order valence-corrected chi connectivity index (χ0v) is 11.1. The highest BCUT2D eigenvalue weighted by Crippen LogP contribution is 2.32. The normalized spacial score (nSPS) is 23.0. The second-order valence-electron chi connectivity index (χ2n) is 6.65. The van der Waals surface area contributed by atoms with Gasteiger partial charge in [0, 0.05) is 6.04 Å². The molecule has 15 heavy (non-hydrogen) atoms. The van der Waals surface area contributed by atoms with Gasteiger partial charge in [-0.15, -0.1) is 0 Å². The van der Waals surface area contributed by atoms with Gasteiger partial charge < -0.3 is 5.73 Å². The van der Waals surface area contributed by atoms with Gasteiger partial charge >= 0.3 is 0 Å². The van der Waals surface area contributed by atoms with Crippen molar-refractivity contribution in [2.24, 2.45) is 23.0 Å². The first-order valence-electron chi connectivity index (χ1n) is 6.65. The zero-order valence-electron chi connectivity index (χ0n) is 11.1. The molecular weight excluding hydrogens is 182 g/mol. The van der Waals surface area contributed by atoms with Gasteiger partial charge in [0.2, 0.25) is 0 Å². The maximum atomic E-state index is 6.25. The Labute approximate surface area is 95.8 Å². The summed E-state index contributed by atoms with van der Waals surface area (Å²) in [6.07, 6.45) is 8.19. The standard InChI is InChI=1S/C14H29N/c1-11(14(2,3)4)9-13(15)10-12-7-5-6-8-12/h11-13H,5-10,15H2,1-4H3. The van der Waals surface area contributed by atoms with Gasteiger partial charge in [-0.1, -0.05) is 53.4 Å². The molecule has 1 saturated carbocycles. The molecular formula is C14H29N. The number of nitrogens with two attached hydrogens (primary N) is 1. The SMILES string of the molecule is CC(CC(N)CC1CCCC1)C(C)(C)C. The van der Waals surface area contributed by atoms with E-state index in [0.717, 1.165) is 11.8 Å². The second kappa shape index (κ2) is 5.34. The first-order chi connectivity index (χ1) is 6.89. The molecule has 1 heteroatoms. The van der Waals surface area contributed by atoms with E-state index in [1.54, 1.807) is 0 Å². The van der Waals surface area contributed by atoms with Crippen LogP contribution < -0.4 is 5.73 Å². The molecule has 0 aromatic heterocycles. The van der Waals surface area contributed by atoms with Crippen molar-refractivity contribution in [1.82, 2.24) is 0 Å². The van der Waals surface area contributed by atoms with E-state index in [2.05, 4.69) is 27.7 Å². The molecule has 0 saturated heterocycles. The molecule has 2 N–H and O–H groups in total. The van der Waals surface area contributed by atoms with Crippen LogP contribution in [0.4, 0.5) is 0 Å². The van der Waals surface area contributed by atoms with E-state index < -0.39 is 0 Å². The van der Waals surface area contributed by atoms with E-state index in [1.807, 2.05) is 0 Å². The summed E-state index contributed by atoms with van der Waals surface area (Å²) >= 11 is 0. The average molecular weight is 211 g/mol. The van der Waals surface area contributed by atoms with Gasteiger partial charge in [-0.2, -0.15) is 0 Å². The third-order valence-electron chi connectivity index (χ3n) is 4.25. The number of hydrogen-bond acceptors (Lipinski definition) is 1. The predicted octanol–water partition coefficient (Wildman–Crippen LogP) is 3.97. The lowest BCUT2D eigenvalue weighted by atomic mass is 9.77. The monoisotopic (exact) mass is 211 g/mol. The minimum atomic E-state index is 0.410. The van der Waals surface area contributed by atoms with E-state index in [0.29, 0.717) is 11.5 Å². The van der Waals surface area contributed by atoms with Crippen LogP contribution >= 0.6 is 0 Å². The van der Waals surface area contributed by atoms with Crippen LogP contribution in [0.3, 0.4) is 0 Å². The lowest BCUT2D eigenvalue weighted by molar-refractivity contribution is 0.224. The molecule has 2 unspecified atom stereocenters. The van der Waals surface area contributed by atoms with Crippen molar-refractivity contribution in [2.75, 3.05) is 0 Å². The lowest BCUT2D eigenvalue weighted by Crippen LogP contribution is -2.29. The van der Waals surface area contributed by atoms with E-state index in [9.17, 15) is 0 Å². The highest BCUT2D eigenvalue weighted by atomic mass is 14.6. The van der Waals surface area contributed by atoms with Crippen molar-refractivity contribution in [3.63, 3.8) is 0 Å². The van der Waals surface area contributed by atoms with Crippen LogP contribution in [0.15, 0.2) is 0 Å². The van der Waals surface area contributed by atoms with Crippen LogP contribution in [-0.2, 0) is 0 Å². The van der Waals surface area contributed by atoms with Crippen molar-refractivity contribution in [1.29, 1.82) is 0 Å². The molecule has 0 aliphatic heterocycles. The Hall–Kier alpha value is -0.0400. The molecule has 90 valence electrons. The van der Waals surface area contributed by atoms with Crippen molar-refractivity contribution in [3.8, 4) is 0 Å². The highest BCUT2D eigenvalue weighted by molar-refractivity contribution is 4.78. The van der Waals surface area contributed by atoms with Gasteiger partial charge in [-0.3, -0.25) is 0 Å². The van der Waals surface area contributed by atoms with Crippen LogP contribution in [-0.4, -0.2) is 6.04 Å². The third-order valence-corrected chi connectivity index (χ3v) is 4.25. The van der Waals surface area contributed by atoms with Crippen molar-refractivity contribution in [3.05, 3.63) is 0 Å². The fraction of sp³-hybridized carbons (Fsp3) is 1.00. The summed E-state index contributed by atoms with van der Waals surface area (Å²) in [6.45, 7) is 9.30. The van der Waals surface area contributed by atoms with E-state index in [-0.39, 0.29) is 0 Å². The zero-order chi connectivity index (χ0) is 11.5. The van der Waals surface area contributed by atoms with Crippen LogP contribution in [0, 0.1) is 17.3 Å². The molecule has 0 bridgehead atoms. The van der Waals surface area contributed by atoms with Gasteiger partial charge in [0.1, 0.15) is 0 Å². The summed E-state index contributed by atoms with van der Waals surface area (Å²) in [4.78, 5) is 0. The van der Waals surface area contributed by atoms with Crippen LogP contribution in [0.5, 0.6) is 0 Å². The third kappa shape index (κ3) is 4.55. The van der Waals surface area contributed by atoms with Gasteiger partial charge in [0.05, 0.1) is 0 Å². The summed E-state index contributed by atoms with van der Waals surface area (Å²) in [5.41, 5.74) is 6.66. The molecule has 2 atom stereocenters. The molecule has 0 aromatic rings. The predicted molar refractivity (Wildman–Crippen MR) is 67.8 cm³/mol. The Morgan fingerprint density at radius 1 is 1.20 bits per heavy atom. The van der Waals surface area contributed by atoms with E-state index in [1.165, 1.54) is 38.5 Å². The summed E-state index contributed by atoms with van der Waals surface area (Å²) in [5, 5.41) is 0. The molecule has 0 heterocycles. The smallest absolute Gasteiger partial charge is 0.00442 e. The molecule has 1 aliphatic carbocycles. The topological polar surface area (TPSA) is 26.0 Å². The largest absolute Gasteiger partial charge is 0.328 e. The maximum absolute atomic E-state index is 6.25. The molecule has 0 radical (unpaired) electrons. The summed E-state index contributed by atoms with van der Waals surface area (Å²) in [5.74, 6) is 1.67. The molecule has 0 aromatic carbocycles. The molecule has 1 aliphatic rings. The van der Waals surface area contributed by atoms with Crippen LogP contribution in [0.2, 0.25) is 0 Å². The number of hydrogen-bond donors (Lipinski definition) is 1. The Balaban J connectivity index is 2.25. The molecule has 0 amide bonds. The summed E-state index contributed by atoms with van der Waals surface area (Å²) in [6, 6.07) is 0.433. The first kappa shape index (κ1) is 13.0. The minimum Gasteiger partial charge on any atom is -0.328 e. The average Bonchev–Trinajstić information content (AvgIpc) is 2.54. The fourth-order valence-electron chi connectivity index (χ4n) is 2.58. The Kier molecular flexibility index (Phi) is 4.64. The molecule has 0 spiro atoms. The van der Waals surface area contributed by atoms with Gasteiger partial charge in [-0.05, 0) is 30.1 Å². The lowest BCUT2D eigenvalue weighted by Gasteiger charge is -2.30. The highest BCUT2D eigenvalue weighted by Gasteiger charge is 2.24. The second-order valence-corrected chi connectivity index (χ2v) is 6.65. The summed E-state index contributed by atoms with van der Waals surface area (Å²) in [7, 11) is 0. The Morgan fingerprint density at radius 2 is 1.73 bits per heavy atom. The van der Waals surface area contributed by atoms with Crippen molar-refractivity contribution >= 4 is 0 Å². The molecule has 1 nitrogen and oxygen atoms in total. The van der Waals surface area contributed by atoms with E-state index >= 15 is 0 Å². The fourth-order valence-corrected chi connectivity index (χ4v) is 2.58. The van der Waals surface area contributed by atoms with Gasteiger partial charge in [-0.25, -0.2) is 0 Å². The quantitative estimate of drug-likeness (QED) is 0.748. The molecule has 1 fully saturated rings. The maximum Gasteiger partial charge on any atom is 0.00442 e. The van der Waals surface area contributed by atoms with Crippen molar-refractivity contribution in [2.45, 2.75) is 72.3 Å². The van der Waals surface area contributed by atoms with Crippen molar-refractivity contribution < 1.29 is 0 Å². The minimum absolute atomic E-state index is 0.410. The summed E-state index contributed by atoms with van der Waals surface area (Å²) < 4.78 is 0.